The molecule has 1 atom stereocenters. The summed E-state index contributed by atoms with van der Waals surface area (Å²) in [6.07, 6.45) is 86.0. The largest absolute Gasteiger partial charge is 0.462 e. The summed E-state index contributed by atoms with van der Waals surface area (Å²) in [5, 5.41) is 0. The van der Waals surface area contributed by atoms with Gasteiger partial charge in [0.2, 0.25) is 0 Å². The molecule has 0 saturated carbocycles. The van der Waals surface area contributed by atoms with E-state index in [-0.39, 0.29) is 37.5 Å². The molecule has 0 fully saturated rings. The summed E-state index contributed by atoms with van der Waals surface area (Å²) in [7, 11) is 0. The maximum atomic E-state index is 12.8. The van der Waals surface area contributed by atoms with E-state index >= 15 is 0 Å². The Balaban J connectivity index is 3.95. The van der Waals surface area contributed by atoms with Crippen molar-refractivity contribution >= 4 is 17.9 Å². The minimum atomic E-state index is -0.803. The van der Waals surface area contributed by atoms with E-state index in [0.29, 0.717) is 19.3 Å². The standard InChI is InChI=1S/C69H116O6/c1-4-7-10-13-15-17-19-21-23-25-26-27-28-29-30-31-32-33-34-35-36-37-38-39-40-41-42-44-45-47-49-51-53-56-59-62-68(71)74-65-66(64-73-67(70)61-58-55-12-9-6-3)75-69(72)63-60-57-54-52-50-48-46-43-24-22-20-18-16-14-11-8-5-2/h7-8,10-11,15-18,21-24,26-27,46,48,52,54,66H,4-6,9,12-14,19-20,25,28-45,47,49-51,53,55-65H2,1-3H3/b10-7-,11-8-,17-15-,18-16-,23-21-,24-22-,27-26-,48-46-,54-52-. The first kappa shape index (κ1) is 71.1. The maximum Gasteiger partial charge on any atom is 0.306 e. The van der Waals surface area contributed by atoms with E-state index in [0.717, 1.165) is 116 Å². The first-order valence-corrected chi connectivity index (χ1v) is 31.4. The molecule has 0 aliphatic heterocycles. The lowest BCUT2D eigenvalue weighted by Gasteiger charge is -2.18. The van der Waals surface area contributed by atoms with Gasteiger partial charge in [-0.3, -0.25) is 14.4 Å². The van der Waals surface area contributed by atoms with Gasteiger partial charge in [0, 0.05) is 19.3 Å². The van der Waals surface area contributed by atoms with E-state index in [2.05, 4.69) is 130 Å². The highest BCUT2D eigenvalue weighted by atomic mass is 16.6. The summed E-state index contributed by atoms with van der Waals surface area (Å²) in [6.45, 7) is 6.29. The first-order valence-electron chi connectivity index (χ1n) is 31.4. The minimum Gasteiger partial charge on any atom is -0.462 e. The number of carbonyl (C=O) groups is 3. The van der Waals surface area contributed by atoms with E-state index in [1.165, 1.54) is 128 Å². The average molecular weight is 1040 g/mol. The fourth-order valence-electron chi connectivity index (χ4n) is 8.65. The van der Waals surface area contributed by atoms with Crippen LogP contribution in [-0.2, 0) is 28.6 Å². The third kappa shape index (κ3) is 60.8. The molecule has 0 aliphatic rings. The smallest absolute Gasteiger partial charge is 0.306 e. The van der Waals surface area contributed by atoms with Crippen molar-refractivity contribution in [1.29, 1.82) is 0 Å². The molecule has 0 radical (unpaired) electrons. The molecular formula is C69H116O6. The predicted octanol–water partition coefficient (Wildman–Crippen LogP) is 21.4. The van der Waals surface area contributed by atoms with Crippen LogP contribution in [-0.4, -0.2) is 37.2 Å². The van der Waals surface area contributed by atoms with Gasteiger partial charge in [0.05, 0.1) is 0 Å². The van der Waals surface area contributed by atoms with Crippen molar-refractivity contribution in [2.45, 2.75) is 297 Å². The molecule has 0 heterocycles. The summed E-state index contributed by atoms with van der Waals surface area (Å²) in [6, 6.07) is 0. The second-order valence-corrected chi connectivity index (χ2v) is 20.6. The van der Waals surface area contributed by atoms with Gasteiger partial charge in [0.25, 0.3) is 0 Å². The number of esters is 3. The molecular weight excluding hydrogens is 925 g/mol. The van der Waals surface area contributed by atoms with Crippen LogP contribution in [0.15, 0.2) is 109 Å². The van der Waals surface area contributed by atoms with Crippen LogP contribution in [0.5, 0.6) is 0 Å². The molecule has 1 unspecified atom stereocenters. The van der Waals surface area contributed by atoms with Gasteiger partial charge in [-0.25, -0.2) is 0 Å². The molecule has 0 spiro atoms. The van der Waals surface area contributed by atoms with Gasteiger partial charge in [0.15, 0.2) is 6.10 Å². The Morgan fingerprint density at radius 1 is 0.280 bits per heavy atom. The average Bonchev–Trinajstić information content (AvgIpc) is 3.41. The fourth-order valence-corrected chi connectivity index (χ4v) is 8.65. The number of hydrogen-bond acceptors (Lipinski definition) is 6. The van der Waals surface area contributed by atoms with Crippen LogP contribution in [0.3, 0.4) is 0 Å². The van der Waals surface area contributed by atoms with Crippen molar-refractivity contribution in [3.63, 3.8) is 0 Å². The van der Waals surface area contributed by atoms with Gasteiger partial charge in [-0.05, 0) is 96.3 Å². The Hall–Kier alpha value is -3.93. The van der Waals surface area contributed by atoms with Crippen LogP contribution in [0.4, 0.5) is 0 Å². The monoisotopic (exact) mass is 1040 g/mol. The van der Waals surface area contributed by atoms with Crippen LogP contribution in [0.1, 0.15) is 290 Å². The molecule has 6 nitrogen and oxygen atoms in total. The highest BCUT2D eigenvalue weighted by molar-refractivity contribution is 5.71. The second kappa shape index (κ2) is 62.6. The topological polar surface area (TPSA) is 78.9 Å². The number of hydrogen-bond donors (Lipinski definition) is 0. The Morgan fingerprint density at radius 2 is 0.533 bits per heavy atom. The zero-order valence-corrected chi connectivity index (χ0v) is 49.0. The molecule has 0 aromatic carbocycles. The Kier molecular flexibility index (Phi) is 59.3. The molecule has 0 amide bonds. The number of carbonyl (C=O) groups excluding carboxylic acids is 3. The van der Waals surface area contributed by atoms with Crippen molar-refractivity contribution < 1.29 is 28.6 Å². The Morgan fingerprint density at radius 3 is 0.853 bits per heavy atom. The second-order valence-electron chi connectivity index (χ2n) is 20.6. The van der Waals surface area contributed by atoms with Gasteiger partial charge in [-0.15, -0.1) is 0 Å². The molecule has 428 valence electrons. The SMILES string of the molecule is CC/C=C\C/C=C\C/C=C\C/C=C\C/C=C\CCCC(=O)OC(COC(=O)CCCCCCC)COC(=O)CCCCCCCCCCCCCCCCCCCCCCCC/C=C\C/C=C\C/C=C\C/C=C\CC. The summed E-state index contributed by atoms with van der Waals surface area (Å²) in [4.78, 5) is 37.8. The van der Waals surface area contributed by atoms with E-state index in [4.69, 9.17) is 14.2 Å². The molecule has 0 aromatic rings. The molecule has 0 bridgehead atoms. The lowest BCUT2D eigenvalue weighted by Crippen LogP contribution is -2.30. The van der Waals surface area contributed by atoms with Crippen LogP contribution < -0.4 is 0 Å². The molecule has 0 aliphatic carbocycles. The van der Waals surface area contributed by atoms with Gasteiger partial charge >= 0.3 is 17.9 Å². The van der Waals surface area contributed by atoms with Crippen LogP contribution >= 0.6 is 0 Å². The zero-order chi connectivity index (χ0) is 54.3. The quantitative estimate of drug-likeness (QED) is 0.0261. The fraction of sp³-hybridized carbons (Fsp3) is 0.696. The van der Waals surface area contributed by atoms with Crippen molar-refractivity contribution in [2.75, 3.05) is 13.2 Å². The van der Waals surface area contributed by atoms with Crippen molar-refractivity contribution in [2.24, 2.45) is 0 Å². The van der Waals surface area contributed by atoms with Gasteiger partial charge < -0.3 is 14.2 Å². The van der Waals surface area contributed by atoms with Crippen molar-refractivity contribution in [1.82, 2.24) is 0 Å². The third-order valence-corrected chi connectivity index (χ3v) is 13.3. The Bertz CT molecular complexity index is 1520. The molecule has 0 saturated heterocycles. The summed E-state index contributed by atoms with van der Waals surface area (Å²) >= 11 is 0. The molecule has 75 heavy (non-hydrogen) atoms. The van der Waals surface area contributed by atoms with Crippen molar-refractivity contribution in [3.05, 3.63) is 109 Å². The summed E-state index contributed by atoms with van der Waals surface area (Å²) < 4.78 is 16.7. The Labute approximate surface area is 463 Å². The first-order chi connectivity index (χ1) is 37.0. The van der Waals surface area contributed by atoms with Crippen LogP contribution in [0.25, 0.3) is 0 Å². The van der Waals surface area contributed by atoms with Crippen LogP contribution in [0.2, 0.25) is 0 Å². The molecule has 0 N–H and O–H groups in total. The predicted molar refractivity (Wildman–Crippen MR) is 325 cm³/mol. The summed E-state index contributed by atoms with van der Waals surface area (Å²) in [5.74, 6) is -0.967. The van der Waals surface area contributed by atoms with E-state index in [9.17, 15) is 14.4 Å². The summed E-state index contributed by atoms with van der Waals surface area (Å²) in [5.41, 5.74) is 0. The third-order valence-electron chi connectivity index (χ3n) is 13.3. The van der Waals surface area contributed by atoms with Gasteiger partial charge in [-0.2, -0.15) is 0 Å². The van der Waals surface area contributed by atoms with Crippen LogP contribution in [0, 0.1) is 0 Å². The molecule has 0 rings (SSSR count). The number of unbranched alkanes of at least 4 members (excludes halogenated alkanes) is 27. The van der Waals surface area contributed by atoms with E-state index in [1.807, 2.05) is 0 Å². The van der Waals surface area contributed by atoms with E-state index in [1.54, 1.807) is 0 Å². The van der Waals surface area contributed by atoms with E-state index < -0.39 is 6.10 Å². The lowest BCUT2D eigenvalue weighted by atomic mass is 10.0. The van der Waals surface area contributed by atoms with Gasteiger partial charge in [0.1, 0.15) is 13.2 Å². The maximum absolute atomic E-state index is 12.8. The number of ether oxygens (including phenoxy) is 3. The number of allylic oxidation sites excluding steroid dienone is 18. The normalized spacial score (nSPS) is 12.8. The van der Waals surface area contributed by atoms with Gasteiger partial charge in [-0.1, -0.05) is 284 Å². The molecule has 6 heteroatoms. The highest BCUT2D eigenvalue weighted by Gasteiger charge is 2.19. The zero-order valence-electron chi connectivity index (χ0n) is 49.0. The van der Waals surface area contributed by atoms with Crippen molar-refractivity contribution in [3.8, 4) is 0 Å². The minimum absolute atomic E-state index is 0.0982. The number of rotatable bonds is 56. The molecule has 0 aromatic heterocycles. The lowest BCUT2D eigenvalue weighted by molar-refractivity contribution is -0.167. The highest BCUT2D eigenvalue weighted by Crippen LogP contribution is 2.17.